The zero-order valence-corrected chi connectivity index (χ0v) is 14.5. The zero-order chi connectivity index (χ0) is 19.3. The molecule has 8 nitrogen and oxygen atoms in total. The zero-order valence-electron chi connectivity index (χ0n) is 14.5. The lowest BCUT2D eigenvalue weighted by molar-refractivity contribution is -0.151. The summed E-state index contributed by atoms with van der Waals surface area (Å²) < 4.78 is 10.2. The summed E-state index contributed by atoms with van der Waals surface area (Å²) >= 11 is 0. The summed E-state index contributed by atoms with van der Waals surface area (Å²) in [6.07, 6.45) is -0.0259. The number of para-hydroxylation sites is 2. The average molecular weight is 357 g/mol. The first-order chi connectivity index (χ1) is 12.4. The van der Waals surface area contributed by atoms with Crippen LogP contribution >= 0.6 is 0 Å². The molecule has 0 aromatic heterocycles. The second kappa shape index (κ2) is 8.16. The van der Waals surface area contributed by atoms with E-state index in [0.29, 0.717) is 11.4 Å². The van der Waals surface area contributed by atoms with Crippen LogP contribution in [0.15, 0.2) is 35.5 Å². The van der Waals surface area contributed by atoms with Crippen molar-refractivity contribution in [1.82, 2.24) is 0 Å². The molecule has 1 atom stereocenters. The Morgan fingerprint density at radius 1 is 1.38 bits per heavy atom. The number of nitriles is 1. The molecule has 136 valence electrons. The van der Waals surface area contributed by atoms with Crippen molar-refractivity contribution >= 4 is 23.3 Å². The molecular formula is C18H19N3O5. The Kier molecular flexibility index (Phi) is 5.96. The van der Waals surface area contributed by atoms with E-state index < -0.39 is 24.3 Å². The molecule has 1 saturated heterocycles. The van der Waals surface area contributed by atoms with Gasteiger partial charge in [-0.25, -0.2) is 0 Å². The number of esters is 1. The van der Waals surface area contributed by atoms with Gasteiger partial charge in [0.25, 0.3) is 0 Å². The topological polar surface area (TPSA) is 123 Å². The van der Waals surface area contributed by atoms with E-state index in [1.807, 2.05) is 0 Å². The number of ketones is 1. The van der Waals surface area contributed by atoms with Crippen molar-refractivity contribution in [2.24, 2.45) is 11.7 Å². The van der Waals surface area contributed by atoms with Gasteiger partial charge in [-0.15, -0.1) is 0 Å². The minimum Gasteiger partial charge on any atom is -0.495 e. The fourth-order valence-electron chi connectivity index (χ4n) is 2.65. The van der Waals surface area contributed by atoms with E-state index in [4.69, 9.17) is 20.5 Å². The minimum atomic E-state index is -0.700. The van der Waals surface area contributed by atoms with E-state index in [0.717, 1.165) is 0 Å². The number of hydrogen-bond donors (Lipinski definition) is 1. The maximum atomic E-state index is 12.3. The predicted octanol–water partition coefficient (Wildman–Crippen LogP) is 0.917. The summed E-state index contributed by atoms with van der Waals surface area (Å²) in [4.78, 5) is 37.8. The monoisotopic (exact) mass is 357 g/mol. The van der Waals surface area contributed by atoms with Crippen molar-refractivity contribution in [2.75, 3.05) is 25.2 Å². The standard InChI is InChI=1S/C18H19N3O5/c1-11(20)13(8-19)15(22)10-26-18(24)12-7-17(23)21(9-12)14-5-3-4-6-16(14)25-2/h3-6,12H,7,9-10,20H2,1-2H3/b13-11+. The molecule has 1 amide bonds. The number of ether oxygens (including phenoxy) is 2. The molecule has 26 heavy (non-hydrogen) atoms. The summed E-state index contributed by atoms with van der Waals surface area (Å²) in [5.41, 5.74) is 5.83. The summed E-state index contributed by atoms with van der Waals surface area (Å²) in [7, 11) is 1.50. The fourth-order valence-corrected chi connectivity index (χ4v) is 2.65. The molecule has 2 N–H and O–H groups in total. The Balaban J connectivity index is 2.02. The number of anilines is 1. The van der Waals surface area contributed by atoms with E-state index in [9.17, 15) is 14.4 Å². The van der Waals surface area contributed by atoms with Crippen molar-refractivity contribution < 1.29 is 23.9 Å². The molecule has 1 heterocycles. The van der Waals surface area contributed by atoms with Gasteiger partial charge < -0.3 is 20.1 Å². The van der Waals surface area contributed by atoms with Gasteiger partial charge in [-0.1, -0.05) is 12.1 Å². The molecule has 1 aliphatic rings. The van der Waals surface area contributed by atoms with Crippen LogP contribution < -0.4 is 15.4 Å². The predicted molar refractivity (Wildman–Crippen MR) is 91.9 cm³/mol. The highest BCUT2D eigenvalue weighted by Gasteiger charge is 2.37. The van der Waals surface area contributed by atoms with Crippen LogP contribution in [0.4, 0.5) is 5.69 Å². The normalized spacial score (nSPS) is 17.3. The number of nitrogens with two attached hydrogens (primary N) is 1. The molecule has 8 heteroatoms. The first-order valence-electron chi connectivity index (χ1n) is 7.88. The van der Waals surface area contributed by atoms with E-state index in [2.05, 4.69) is 0 Å². The Morgan fingerprint density at radius 3 is 2.69 bits per heavy atom. The lowest BCUT2D eigenvalue weighted by atomic mass is 10.1. The third-order valence-electron chi connectivity index (χ3n) is 3.96. The molecule has 0 aliphatic carbocycles. The SMILES string of the molecule is COc1ccccc1N1CC(C(=O)OCC(=O)/C(C#N)=C(\C)N)CC1=O. The second-order valence-electron chi connectivity index (χ2n) is 5.78. The van der Waals surface area contributed by atoms with Crippen LogP contribution in [0.5, 0.6) is 5.75 Å². The summed E-state index contributed by atoms with van der Waals surface area (Å²) in [5, 5.41) is 8.88. The van der Waals surface area contributed by atoms with Crippen molar-refractivity contribution in [2.45, 2.75) is 13.3 Å². The number of carbonyl (C=O) groups excluding carboxylic acids is 3. The maximum Gasteiger partial charge on any atom is 0.311 e. The molecule has 0 radical (unpaired) electrons. The second-order valence-corrected chi connectivity index (χ2v) is 5.78. The van der Waals surface area contributed by atoms with Crippen LogP contribution in [0.25, 0.3) is 0 Å². The van der Waals surface area contributed by atoms with Gasteiger partial charge in [0.15, 0.2) is 6.61 Å². The first-order valence-corrected chi connectivity index (χ1v) is 7.88. The van der Waals surface area contributed by atoms with Crippen LogP contribution in [0.1, 0.15) is 13.3 Å². The Hall–Kier alpha value is -3.34. The van der Waals surface area contributed by atoms with Crippen molar-refractivity contribution in [3.05, 3.63) is 35.5 Å². The van der Waals surface area contributed by atoms with Gasteiger partial charge in [-0.2, -0.15) is 5.26 Å². The minimum absolute atomic E-state index is 0.0259. The average Bonchev–Trinajstić information content (AvgIpc) is 3.01. The molecule has 1 unspecified atom stereocenters. The number of methoxy groups -OCH3 is 1. The number of amides is 1. The van der Waals surface area contributed by atoms with E-state index in [1.165, 1.54) is 18.9 Å². The quantitative estimate of drug-likeness (QED) is 0.456. The Morgan fingerprint density at radius 2 is 2.08 bits per heavy atom. The third-order valence-corrected chi connectivity index (χ3v) is 3.96. The number of hydrogen-bond acceptors (Lipinski definition) is 7. The van der Waals surface area contributed by atoms with Crippen LogP contribution in [-0.4, -0.2) is 37.9 Å². The highest BCUT2D eigenvalue weighted by molar-refractivity contribution is 6.02. The number of allylic oxidation sites excluding steroid dienone is 1. The Labute approximate surface area is 150 Å². The summed E-state index contributed by atoms with van der Waals surface area (Å²) in [6, 6.07) is 8.67. The molecule has 0 bridgehead atoms. The van der Waals surface area contributed by atoms with E-state index in [1.54, 1.807) is 30.3 Å². The fraction of sp³-hybridized carbons (Fsp3) is 0.333. The van der Waals surface area contributed by atoms with Crippen LogP contribution in [0.3, 0.4) is 0 Å². The van der Waals surface area contributed by atoms with Gasteiger partial charge in [0.1, 0.15) is 17.4 Å². The third kappa shape index (κ3) is 4.00. The van der Waals surface area contributed by atoms with Gasteiger partial charge >= 0.3 is 5.97 Å². The molecule has 1 fully saturated rings. The molecule has 1 aromatic rings. The molecular weight excluding hydrogens is 338 g/mol. The van der Waals surface area contributed by atoms with Gasteiger partial charge in [-0.3, -0.25) is 14.4 Å². The molecule has 0 saturated carbocycles. The number of carbonyl (C=O) groups is 3. The van der Waals surface area contributed by atoms with Crippen molar-refractivity contribution in [1.29, 1.82) is 5.26 Å². The van der Waals surface area contributed by atoms with Crippen LogP contribution in [0.2, 0.25) is 0 Å². The van der Waals surface area contributed by atoms with E-state index >= 15 is 0 Å². The van der Waals surface area contributed by atoms with Crippen molar-refractivity contribution in [3.8, 4) is 11.8 Å². The van der Waals surface area contributed by atoms with Gasteiger partial charge in [0.05, 0.1) is 18.7 Å². The maximum absolute atomic E-state index is 12.3. The number of Topliss-reactive ketones (excluding diaryl/α,β-unsaturated/α-hetero) is 1. The molecule has 0 spiro atoms. The van der Waals surface area contributed by atoms with Gasteiger partial charge in [0.2, 0.25) is 11.7 Å². The lowest BCUT2D eigenvalue weighted by Gasteiger charge is -2.19. The van der Waals surface area contributed by atoms with E-state index in [-0.39, 0.29) is 30.1 Å². The Bertz CT molecular complexity index is 805. The van der Waals surface area contributed by atoms with Gasteiger partial charge in [-0.05, 0) is 19.1 Å². The highest BCUT2D eigenvalue weighted by Crippen LogP contribution is 2.33. The number of benzene rings is 1. The molecule has 1 aliphatic heterocycles. The number of nitrogens with zero attached hydrogens (tertiary/aromatic N) is 2. The molecule has 1 aromatic carbocycles. The summed E-state index contributed by atoms with van der Waals surface area (Å²) in [6.45, 7) is 0.956. The molecule has 2 rings (SSSR count). The summed E-state index contributed by atoms with van der Waals surface area (Å²) in [5.74, 6) is -1.76. The lowest BCUT2D eigenvalue weighted by Crippen LogP contribution is -2.27. The van der Waals surface area contributed by atoms with Crippen LogP contribution in [0, 0.1) is 17.2 Å². The van der Waals surface area contributed by atoms with Gasteiger partial charge in [0, 0.05) is 18.7 Å². The van der Waals surface area contributed by atoms with Crippen molar-refractivity contribution in [3.63, 3.8) is 0 Å². The highest BCUT2D eigenvalue weighted by atomic mass is 16.5. The first kappa shape index (κ1) is 19.0. The van der Waals surface area contributed by atoms with Crippen LogP contribution in [-0.2, 0) is 19.1 Å². The largest absolute Gasteiger partial charge is 0.495 e. The smallest absolute Gasteiger partial charge is 0.311 e. The number of rotatable bonds is 6.